The van der Waals surface area contributed by atoms with Crippen LogP contribution in [0.15, 0.2) is 73.1 Å². The lowest BCUT2D eigenvalue weighted by atomic mass is 10.1. The molecule has 0 fully saturated rings. The standard InChI is InChI=1S/C22H22FN3O/c1-16(17-7-3-2-4-8-17)26-22(27)19-13-20(15-24-14-19)25-12-11-18-9-5-6-10-21(18)23/h2-10,13-16,25H,11-12H2,1H3,(H,26,27). The van der Waals surface area contributed by atoms with Crippen LogP contribution in [0.5, 0.6) is 0 Å². The molecule has 3 aromatic rings. The molecule has 1 unspecified atom stereocenters. The highest BCUT2D eigenvalue weighted by Gasteiger charge is 2.12. The van der Waals surface area contributed by atoms with Crippen molar-refractivity contribution in [3.8, 4) is 0 Å². The van der Waals surface area contributed by atoms with Gasteiger partial charge < -0.3 is 10.6 Å². The molecular weight excluding hydrogens is 341 g/mol. The number of aromatic nitrogens is 1. The summed E-state index contributed by atoms with van der Waals surface area (Å²) >= 11 is 0. The number of anilines is 1. The van der Waals surface area contributed by atoms with E-state index in [4.69, 9.17) is 0 Å². The van der Waals surface area contributed by atoms with Gasteiger partial charge in [-0.25, -0.2) is 4.39 Å². The molecule has 5 heteroatoms. The fourth-order valence-electron chi connectivity index (χ4n) is 2.81. The zero-order valence-corrected chi connectivity index (χ0v) is 15.2. The van der Waals surface area contributed by atoms with Crippen molar-refractivity contribution in [2.75, 3.05) is 11.9 Å². The first-order chi connectivity index (χ1) is 13.1. The third-order valence-electron chi connectivity index (χ3n) is 4.33. The van der Waals surface area contributed by atoms with E-state index in [-0.39, 0.29) is 17.8 Å². The zero-order chi connectivity index (χ0) is 19.1. The van der Waals surface area contributed by atoms with Crippen LogP contribution in [0.4, 0.5) is 10.1 Å². The minimum Gasteiger partial charge on any atom is -0.383 e. The molecule has 2 N–H and O–H groups in total. The van der Waals surface area contributed by atoms with Crippen LogP contribution in [0, 0.1) is 5.82 Å². The quantitative estimate of drug-likeness (QED) is 0.655. The maximum Gasteiger partial charge on any atom is 0.253 e. The summed E-state index contributed by atoms with van der Waals surface area (Å²) in [7, 11) is 0. The third kappa shape index (κ3) is 5.14. The van der Waals surface area contributed by atoms with Gasteiger partial charge in [0.15, 0.2) is 0 Å². The fourth-order valence-corrected chi connectivity index (χ4v) is 2.81. The first kappa shape index (κ1) is 18.6. The summed E-state index contributed by atoms with van der Waals surface area (Å²) in [5.74, 6) is -0.392. The summed E-state index contributed by atoms with van der Waals surface area (Å²) in [6, 6.07) is 18.1. The van der Waals surface area contributed by atoms with Gasteiger partial charge >= 0.3 is 0 Å². The van der Waals surface area contributed by atoms with E-state index >= 15 is 0 Å². The van der Waals surface area contributed by atoms with Gasteiger partial charge in [0.05, 0.1) is 17.3 Å². The Morgan fingerprint density at radius 3 is 2.59 bits per heavy atom. The van der Waals surface area contributed by atoms with Crippen LogP contribution in [-0.4, -0.2) is 17.4 Å². The SMILES string of the molecule is CC(NC(=O)c1cncc(NCCc2ccccc2F)c1)c1ccccc1. The molecule has 0 saturated heterocycles. The number of benzene rings is 2. The molecule has 0 radical (unpaired) electrons. The predicted octanol–water partition coefficient (Wildman–Crippen LogP) is 4.37. The van der Waals surface area contributed by atoms with Gasteiger partial charge in [-0.15, -0.1) is 0 Å². The Labute approximate surface area is 158 Å². The normalized spacial score (nSPS) is 11.6. The second-order valence-electron chi connectivity index (χ2n) is 6.34. The van der Waals surface area contributed by atoms with Gasteiger partial charge in [0.2, 0.25) is 0 Å². The van der Waals surface area contributed by atoms with E-state index < -0.39 is 0 Å². The van der Waals surface area contributed by atoms with Gasteiger partial charge in [0.25, 0.3) is 5.91 Å². The highest BCUT2D eigenvalue weighted by atomic mass is 19.1. The smallest absolute Gasteiger partial charge is 0.253 e. The molecular formula is C22H22FN3O. The highest BCUT2D eigenvalue weighted by molar-refractivity contribution is 5.94. The van der Waals surface area contributed by atoms with Crippen LogP contribution >= 0.6 is 0 Å². The summed E-state index contributed by atoms with van der Waals surface area (Å²) < 4.78 is 13.7. The zero-order valence-electron chi connectivity index (χ0n) is 15.2. The molecule has 4 nitrogen and oxygen atoms in total. The van der Waals surface area contributed by atoms with E-state index in [0.29, 0.717) is 24.1 Å². The number of hydrogen-bond acceptors (Lipinski definition) is 3. The maximum atomic E-state index is 13.7. The number of nitrogens with zero attached hydrogens (tertiary/aromatic N) is 1. The molecule has 0 aliphatic rings. The van der Waals surface area contributed by atoms with Gasteiger partial charge in [-0.2, -0.15) is 0 Å². The van der Waals surface area contributed by atoms with E-state index in [0.717, 1.165) is 11.3 Å². The molecule has 138 valence electrons. The van der Waals surface area contributed by atoms with Crippen LogP contribution in [0.3, 0.4) is 0 Å². The third-order valence-corrected chi connectivity index (χ3v) is 4.33. The van der Waals surface area contributed by atoms with Crippen LogP contribution in [0.25, 0.3) is 0 Å². The second-order valence-corrected chi connectivity index (χ2v) is 6.34. The molecule has 2 aromatic carbocycles. The summed E-state index contributed by atoms with van der Waals surface area (Å²) in [4.78, 5) is 16.6. The van der Waals surface area contributed by atoms with Gasteiger partial charge in [-0.1, -0.05) is 48.5 Å². The Hall–Kier alpha value is -3.21. The number of pyridine rings is 1. The Bertz CT molecular complexity index is 899. The molecule has 0 aliphatic carbocycles. The van der Waals surface area contributed by atoms with E-state index in [1.54, 1.807) is 24.4 Å². The van der Waals surface area contributed by atoms with Crippen molar-refractivity contribution in [2.24, 2.45) is 0 Å². The lowest BCUT2D eigenvalue weighted by Gasteiger charge is -2.14. The van der Waals surface area contributed by atoms with Gasteiger partial charge in [0, 0.05) is 18.9 Å². The first-order valence-corrected chi connectivity index (χ1v) is 8.91. The number of hydrogen-bond donors (Lipinski definition) is 2. The number of carbonyl (C=O) groups is 1. The average molecular weight is 363 g/mol. The number of rotatable bonds is 7. The van der Waals surface area contributed by atoms with Crippen molar-refractivity contribution < 1.29 is 9.18 Å². The number of halogens is 1. The van der Waals surface area contributed by atoms with E-state index in [1.807, 2.05) is 43.3 Å². The molecule has 1 aromatic heterocycles. The molecule has 27 heavy (non-hydrogen) atoms. The highest BCUT2D eigenvalue weighted by Crippen LogP contribution is 2.14. The average Bonchev–Trinajstić information content (AvgIpc) is 2.70. The van der Waals surface area contributed by atoms with E-state index in [1.165, 1.54) is 12.3 Å². The van der Waals surface area contributed by atoms with Crippen molar-refractivity contribution in [3.63, 3.8) is 0 Å². The Balaban J connectivity index is 1.58. The Morgan fingerprint density at radius 1 is 1.07 bits per heavy atom. The Morgan fingerprint density at radius 2 is 1.81 bits per heavy atom. The van der Waals surface area contributed by atoms with Gasteiger partial charge in [-0.3, -0.25) is 9.78 Å². The lowest BCUT2D eigenvalue weighted by molar-refractivity contribution is 0.0939. The van der Waals surface area contributed by atoms with Crippen molar-refractivity contribution in [1.82, 2.24) is 10.3 Å². The summed E-state index contributed by atoms with van der Waals surface area (Å²) in [5, 5.41) is 6.16. The monoisotopic (exact) mass is 363 g/mol. The lowest BCUT2D eigenvalue weighted by Crippen LogP contribution is -2.26. The Kier molecular flexibility index (Phi) is 6.15. The van der Waals surface area contributed by atoms with Gasteiger partial charge in [0.1, 0.15) is 5.82 Å². The summed E-state index contributed by atoms with van der Waals surface area (Å²) in [6.07, 6.45) is 3.74. The topological polar surface area (TPSA) is 54.0 Å². The van der Waals surface area contributed by atoms with E-state index in [9.17, 15) is 9.18 Å². The predicted molar refractivity (Wildman–Crippen MR) is 105 cm³/mol. The number of nitrogens with one attached hydrogen (secondary N) is 2. The van der Waals surface area contributed by atoms with Crippen molar-refractivity contribution in [1.29, 1.82) is 0 Å². The second kappa shape index (κ2) is 8.94. The minimum atomic E-state index is -0.208. The molecule has 1 atom stereocenters. The molecule has 0 bridgehead atoms. The minimum absolute atomic E-state index is 0.101. The van der Waals surface area contributed by atoms with Crippen molar-refractivity contribution in [3.05, 3.63) is 95.6 Å². The number of carbonyl (C=O) groups excluding carboxylic acids is 1. The summed E-state index contributed by atoms with van der Waals surface area (Å²) in [5.41, 5.74) is 2.90. The molecule has 3 rings (SSSR count). The van der Waals surface area contributed by atoms with Crippen molar-refractivity contribution in [2.45, 2.75) is 19.4 Å². The largest absolute Gasteiger partial charge is 0.383 e. The van der Waals surface area contributed by atoms with Crippen LogP contribution in [0.2, 0.25) is 0 Å². The molecule has 0 saturated carbocycles. The van der Waals surface area contributed by atoms with Crippen molar-refractivity contribution >= 4 is 11.6 Å². The molecule has 0 aliphatic heterocycles. The molecule has 1 heterocycles. The van der Waals surface area contributed by atoms with E-state index in [2.05, 4.69) is 15.6 Å². The molecule has 1 amide bonds. The van der Waals surface area contributed by atoms with Gasteiger partial charge in [-0.05, 0) is 36.6 Å². The van der Waals surface area contributed by atoms with Crippen LogP contribution in [0.1, 0.15) is 34.5 Å². The molecule has 0 spiro atoms. The van der Waals surface area contributed by atoms with Crippen LogP contribution < -0.4 is 10.6 Å². The first-order valence-electron chi connectivity index (χ1n) is 8.91. The fraction of sp³-hybridized carbons (Fsp3) is 0.182. The number of amides is 1. The maximum absolute atomic E-state index is 13.7. The summed E-state index contributed by atoms with van der Waals surface area (Å²) in [6.45, 7) is 2.49. The van der Waals surface area contributed by atoms with Crippen LogP contribution in [-0.2, 0) is 6.42 Å².